The van der Waals surface area contributed by atoms with E-state index in [2.05, 4.69) is 10.6 Å². The number of rotatable bonds is 3. The fourth-order valence-electron chi connectivity index (χ4n) is 3.24. The van der Waals surface area contributed by atoms with E-state index in [1.807, 2.05) is 0 Å². The van der Waals surface area contributed by atoms with Crippen molar-refractivity contribution < 1.29 is 24.2 Å². The lowest BCUT2D eigenvalue weighted by molar-refractivity contribution is -0.142. The summed E-state index contributed by atoms with van der Waals surface area (Å²) in [6.45, 7) is -0.0816. The van der Waals surface area contributed by atoms with E-state index in [1.165, 1.54) is 0 Å². The summed E-state index contributed by atoms with van der Waals surface area (Å²) in [7, 11) is 0. The number of anilines is 1. The third-order valence-corrected chi connectivity index (χ3v) is 4.53. The Balaban J connectivity index is 1.74. The van der Waals surface area contributed by atoms with E-state index < -0.39 is 11.9 Å². The number of hydrogen-bond acceptors (Lipinski definition) is 4. The fourth-order valence-corrected chi connectivity index (χ4v) is 3.24. The smallest absolute Gasteiger partial charge is 0.308 e. The van der Waals surface area contributed by atoms with E-state index in [4.69, 9.17) is 4.74 Å². The van der Waals surface area contributed by atoms with Gasteiger partial charge in [-0.25, -0.2) is 0 Å². The molecule has 0 aromatic heterocycles. The normalized spacial score (nSPS) is 23.2. The molecule has 7 heteroatoms. The molecule has 2 aliphatic rings. The standard InChI is InChI=1S/C17H20N2O5/c20-15-9-24-14-8-10(6-7-13(14)18-15)16(21)19-12-5-3-1-2-4-11(12)17(22)23/h6-8,11-12H,1-5,9H2,(H,18,20)(H,19,21)(H,22,23)/t11-,12+/m1/s1. The summed E-state index contributed by atoms with van der Waals surface area (Å²) in [5, 5.41) is 14.9. The number of benzene rings is 1. The SMILES string of the molecule is O=C1COc2cc(C(=O)N[C@H]3CCCCC[C@H]3C(=O)O)ccc2N1. The van der Waals surface area contributed by atoms with Crippen LogP contribution < -0.4 is 15.4 Å². The molecule has 0 bridgehead atoms. The van der Waals surface area contributed by atoms with E-state index >= 15 is 0 Å². The van der Waals surface area contributed by atoms with Gasteiger partial charge in [-0.1, -0.05) is 19.3 Å². The highest BCUT2D eigenvalue weighted by Gasteiger charge is 2.31. The van der Waals surface area contributed by atoms with Crippen molar-refractivity contribution in [1.82, 2.24) is 5.32 Å². The van der Waals surface area contributed by atoms with E-state index in [0.29, 0.717) is 29.8 Å². The third-order valence-electron chi connectivity index (χ3n) is 4.53. The summed E-state index contributed by atoms with van der Waals surface area (Å²) in [4.78, 5) is 35.2. The summed E-state index contributed by atoms with van der Waals surface area (Å²) in [6.07, 6.45) is 4.02. The molecule has 1 saturated carbocycles. The van der Waals surface area contributed by atoms with Gasteiger partial charge in [-0.3, -0.25) is 14.4 Å². The van der Waals surface area contributed by atoms with Gasteiger partial charge < -0.3 is 20.5 Å². The zero-order valence-corrected chi connectivity index (χ0v) is 13.2. The van der Waals surface area contributed by atoms with Crippen molar-refractivity contribution >= 4 is 23.5 Å². The minimum atomic E-state index is -0.862. The molecular formula is C17H20N2O5. The second-order valence-corrected chi connectivity index (χ2v) is 6.21. The van der Waals surface area contributed by atoms with Gasteiger partial charge >= 0.3 is 5.97 Å². The molecule has 0 spiro atoms. The predicted octanol–water partition coefficient (Wildman–Crippen LogP) is 1.78. The molecule has 3 N–H and O–H groups in total. The van der Waals surface area contributed by atoms with Gasteiger partial charge in [0.05, 0.1) is 11.6 Å². The molecule has 1 aromatic rings. The van der Waals surface area contributed by atoms with E-state index in [9.17, 15) is 19.5 Å². The number of fused-ring (bicyclic) bond motifs is 1. The lowest BCUT2D eigenvalue weighted by atomic mass is 9.94. The number of nitrogens with one attached hydrogen (secondary N) is 2. The van der Waals surface area contributed by atoms with Crippen molar-refractivity contribution in [3.8, 4) is 5.75 Å². The van der Waals surface area contributed by atoms with E-state index in [0.717, 1.165) is 19.3 Å². The molecule has 2 amide bonds. The van der Waals surface area contributed by atoms with Crippen LogP contribution in [0, 0.1) is 5.92 Å². The Kier molecular flexibility index (Phi) is 4.69. The molecule has 1 fully saturated rings. The summed E-state index contributed by atoms with van der Waals surface area (Å²) in [6, 6.07) is 4.41. The highest BCUT2D eigenvalue weighted by Crippen LogP contribution is 2.29. The number of aliphatic carboxylic acids is 1. The second kappa shape index (κ2) is 6.90. The number of amides is 2. The van der Waals surface area contributed by atoms with Crippen LogP contribution in [0.2, 0.25) is 0 Å². The molecule has 0 radical (unpaired) electrons. The average molecular weight is 332 g/mol. The van der Waals surface area contributed by atoms with Crippen LogP contribution in [0.15, 0.2) is 18.2 Å². The maximum absolute atomic E-state index is 12.5. The molecule has 2 atom stereocenters. The molecule has 1 aliphatic carbocycles. The summed E-state index contributed by atoms with van der Waals surface area (Å²) in [5.74, 6) is -1.53. The average Bonchev–Trinajstić information content (AvgIpc) is 2.79. The van der Waals surface area contributed by atoms with Gasteiger partial charge in [0, 0.05) is 11.6 Å². The highest BCUT2D eigenvalue weighted by molar-refractivity contribution is 5.99. The number of hydrogen-bond donors (Lipinski definition) is 3. The zero-order valence-electron chi connectivity index (χ0n) is 13.2. The Morgan fingerprint density at radius 1 is 1.21 bits per heavy atom. The van der Waals surface area contributed by atoms with Crippen LogP contribution in [0.5, 0.6) is 5.75 Å². The zero-order chi connectivity index (χ0) is 17.1. The monoisotopic (exact) mass is 332 g/mol. The Hall–Kier alpha value is -2.57. The van der Waals surface area contributed by atoms with Gasteiger partial charge in [-0.15, -0.1) is 0 Å². The number of carboxylic acid groups (broad SMARTS) is 1. The molecule has 1 heterocycles. The molecule has 1 aliphatic heterocycles. The number of carbonyl (C=O) groups excluding carboxylic acids is 2. The van der Waals surface area contributed by atoms with Crippen molar-refractivity contribution in [2.24, 2.45) is 5.92 Å². The van der Waals surface area contributed by atoms with Crippen LogP contribution in [0.4, 0.5) is 5.69 Å². The lowest BCUT2D eigenvalue weighted by Crippen LogP contribution is -2.42. The first-order valence-corrected chi connectivity index (χ1v) is 8.15. The maximum Gasteiger partial charge on any atom is 0.308 e. The molecule has 128 valence electrons. The first kappa shape index (κ1) is 16.3. The molecule has 0 saturated heterocycles. The fraction of sp³-hybridized carbons (Fsp3) is 0.471. The van der Waals surface area contributed by atoms with Crippen molar-refractivity contribution in [2.45, 2.75) is 38.1 Å². The van der Waals surface area contributed by atoms with Gasteiger partial charge in [0.1, 0.15) is 5.75 Å². The van der Waals surface area contributed by atoms with Gasteiger partial charge in [0.25, 0.3) is 11.8 Å². The number of carbonyl (C=O) groups is 3. The van der Waals surface area contributed by atoms with Crippen LogP contribution in [-0.4, -0.2) is 35.5 Å². The first-order valence-electron chi connectivity index (χ1n) is 8.15. The molecule has 7 nitrogen and oxygen atoms in total. The van der Waals surface area contributed by atoms with Gasteiger partial charge in [-0.05, 0) is 31.0 Å². The largest absolute Gasteiger partial charge is 0.482 e. The Bertz CT molecular complexity index is 673. The molecule has 24 heavy (non-hydrogen) atoms. The Labute approximate surface area is 139 Å². The summed E-state index contributed by atoms with van der Waals surface area (Å²) in [5.41, 5.74) is 0.916. The lowest BCUT2D eigenvalue weighted by Gasteiger charge is -2.23. The third kappa shape index (κ3) is 3.50. The predicted molar refractivity (Wildman–Crippen MR) is 86.0 cm³/mol. The summed E-state index contributed by atoms with van der Waals surface area (Å²) < 4.78 is 5.31. The van der Waals surface area contributed by atoms with Crippen molar-refractivity contribution in [3.63, 3.8) is 0 Å². The number of ether oxygens (including phenoxy) is 1. The van der Waals surface area contributed by atoms with Crippen LogP contribution in [0.25, 0.3) is 0 Å². The molecular weight excluding hydrogens is 312 g/mol. The molecule has 0 unspecified atom stereocenters. The highest BCUT2D eigenvalue weighted by atomic mass is 16.5. The number of carboxylic acids is 1. The molecule has 1 aromatic carbocycles. The maximum atomic E-state index is 12.5. The van der Waals surface area contributed by atoms with Crippen LogP contribution >= 0.6 is 0 Å². The van der Waals surface area contributed by atoms with Crippen molar-refractivity contribution in [2.75, 3.05) is 11.9 Å². The Morgan fingerprint density at radius 3 is 2.79 bits per heavy atom. The van der Waals surface area contributed by atoms with Crippen LogP contribution in [-0.2, 0) is 9.59 Å². The van der Waals surface area contributed by atoms with Gasteiger partial charge in [0.2, 0.25) is 0 Å². The van der Waals surface area contributed by atoms with Crippen LogP contribution in [0.3, 0.4) is 0 Å². The van der Waals surface area contributed by atoms with Gasteiger partial charge in [-0.2, -0.15) is 0 Å². The second-order valence-electron chi connectivity index (χ2n) is 6.21. The van der Waals surface area contributed by atoms with Gasteiger partial charge in [0.15, 0.2) is 6.61 Å². The minimum Gasteiger partial charge on any atom is -0.482 e. The first-order chi connectivity index (χ1) is 11.5. The quantitative estimate of drug-likeness (QED) is 0.732. The molecule has 3 rings (SSSR count). The van der Waals surface area contributed by atoms with Crippen molar-refractivity contribution in [1.29, 1.82) is 0 Å². The Morgan fingerprint density at radius 2 is 2.00 bits per heavy atom. The minimum absolute atomic E-state index is 0.0816. The topological polar surface area (TPSA) is 105 Å². The van der Waals surface area contributed by atoms with E-state index in [1.54, 1.807) is 18.2 Å². The van der Waals surface area contributed by atoms with Crippen molar-refractivity contribution in [3.05, 3.63) is 23.8 Å². The van der Waals surface area contributed by atoms with E-state index in [-0.39, 0.29) is 24.5 Å². The van der Waals surface area contributed by atoms with Crippen LogP contribution in [0.1, 0.15) is 42.5 Å². The summed E-state index contributed by atoms with van der Waals surface area (Å²) >= 11 is 0.